The van der Waals surface area contributed by atoms with Crippen molar-refractivity contribution in [3.8, 4) is 16.3 Å². The lowest BCUT2D eigenvalue weighted by Crippen LogP contribution is -2.43. The van der Waals surface area contributed by atoms with Gasteiger partial charge in [-0.25, -0.2) is 9.78 Å². The number of aryl methyl sites for hydroxylation is 1. The minimum atomic E-state index is -1.08. The van der Waals surface area contributed by atoms with Crippen LogP contribution in [0.25, 0.3) is 21.3 Å². The molecule has 0 fully saturated rings. The summed E-state index contributed by atoms with van der Waals surface area (Å²) in [5.74, 6) is -1.49. The van der Waals surface area contributed by atoms with Crippen LogP contribution in [0.15, 0.2) is 72.8 Å². The van der Waals surface area contributed by atoms with Crippen molar-refractivity contribution in [2.75, 3.05) is 12.9 Å². The largest absolute Gasteiger partial charge is 0.480 e. The Kier molecular flexibility index (Phi) is 8.05. The molecule has 0 saturated carbocycles. The van der Waals surface area contributed by atoms with Crippen molar-refractivity contribution in [2.24, 2.45) is 0 Å². The molecular formula is C27H26N2O4S2. The molecule has 1 amide bonds. The Bertz CT molecular complexity index is 1300. The van der Waals surface area contributed by atoms with Gasteiger partial charge in [-0.3, -0.25) is 4.79 Å². The number of carboxylic acid groups (broad SMARTS) is 1. The van der Waals surface area contributed by atoms with E-state index in [1.807, 2.05) is 73.8 Å². The minimum Gasteiger partial charge on any atom is -0.480 e. The molecule has 2 N–H and O–H groups in total. The number of carbonyl (C=O) groups excluding carboxylic acids is 1. The highest BCUT2D eigenvalue weighted by atomic mass is 32.2. The molecule has 0 radical (unpaired) electrons. The van der Waals surface area contributed by atoms with Crippen molar-refractivity contribution in [1.29, 1.82) is 0 Å². The van der Waals surface area contributed by atoms with Crippen molar-refractivity contribution >= 4 is 45.2 Å². The lowest BCUT2D eigenvalue weighted by molar-refractivity contribution is -0.139. The molecule has 4 aromatic rings. The monoisotopic (exact) mass is 506 g/mol. The molecule has 3 aromatic carbocycles. The van der Waals surface area contributed by atoms with Crippen LogP contribution >= 0.6 is 23.1 Å². The molecule has 0 aliphatic heterocycles. The highest BCUT2D eigenvalue weighted by Crippen LogP contribution is 2.29. The fourth-order valence-corrected chi connectivity index (χ4v) is 5.23. The van der Waals surface area contributed by atoms with Gasteiger partial charge in [0.25, 0.3) is 11.1 Å². The van der Waals surface area contributed by atoms with Gasteiger partial charge in [-0.1, -0.05) is 65.9 Å². The first-order valence-corrected chi connectivity index (χ1v) is 13.3. The number of carboxylic acids is 1. The molecule has 2 atom stereocenters. The fourth-order valence-electron chi connectivity index (χ4n) is 3.82. The Morgan fingerprint density at radius 1 is 1.03 bits per heavy atom. The summed E-state index contributed by atoms with van der Waals surface area (Å²) in [6.07, 6.45) is 2.13. The zero-order chi connectivity index (χ0) is 24.8. The van der Waals surface area contributed by atoms with Crippen LogP contribution in [0, 0.1) is 6.92 Å². The third-order valence-electron chi connectivity index (χ3n) is 5.71. The number of hydrogen-bond donors (Lipinski definition) is 2. The third kappa shape index (κ3) is 6.01. The summed E-state index contributed by atoms with van der Waals surface area (Å²) in [7, 11) is 0. The van der Waals surface area contributed by atoms with Crippen LogP contribution < -0.4 is 10.1 Å². The lowest BCUT2D eigenvalue weighted by Gasteiger charge is -2.21. The summed E-state index contributed by atoms with van der Waals surface area (Å²) in [5.41, 5.74) is 4.07. The number of para-hydroxylation sites is 1. The van der Waals surface area contributed by atoms with E-state index >= 15 is 0 Å². The highest BCUT2D eigenvalue weighted by Gasteiger charge is 2.26. The molecule has 0 bridgehead atoms. The van der Waals surface area contributed by atoms with Crippen LogP contribution in [0.5, 0.6) is 5.19 Å². The molecule has 1 heterocycles. The van der Waals surface area contributed by atoms with E-state index in [1.54, 1.807) is 12.1 Å². The van der Waals surface area contributed by atoms with Crippen LogP contribution in [0.3, 0.4) is 0 Å². The quantitative estimate of drug-likeness (QED) is 0.289. The SMILES string of the molecule is CSC(COc1nc2ccccc2s1)CC(NC(=O)c1ccccc1-c1ccccc1C)C(=O)O. The Balaban J connectivity index is 1.45. The zero-order valence-electron chi connectivity index (χ0n) is 19.4. The van der Waals surface area contributed by atoms with Gasteiger partial charge < -0.3 is 15.2 Å². The van der Waals surface area contributed by atoms with E-state index in [1.165, 1.54) is 23.1 Å². The first-order valence-electron chi connectivity index (χ1n) is 11.2. The number of thiazole rings is 1. The van der Waals surface area contributed by atoms with Gasteiger partial charge in [-0.15, -0.1) is 0 Å². The molecule has 0 aliphatic rings. The molecule has 0 spiro atoms. The molecule has 35 heavy (non-hydrogen) atoms. The Hall–Kier alpha value is -3.36. The van der Waals surface area contributed by atoms with Crippen LogP contribution in [-0.4, -0.2) is 46.1 Å². The number of aliphatic carboxylic acids is 1. The average molecular weight is 507 g/mol. The standard InChI is InChI=1S/C27H26N2O4S2/c1-17-9-3-4-10-19(17)20-11-5-6-12-21(20)25(30)28-23(26(31)32)15-18(34-2)16-33-27-29-22-13-7-8-14-24(22)35-27/h3-14,18,23H,15-16H2,1-2H3,(H,28,30)(H,31,32). The number of ether oxygens (including phenoxy) is 1. The number of carbonyl (C=O) groups is 2. The number of rotatable bonds is 10. The van der Waals surface area contributed by atoms with Gasteiger partial charge in [0.15, 0.2) is 0 Å². The second kappa shape index (κ2) is 11.4. The van der Waals surface area contributed by atoms with Crippen molar-refractivity contribution in [3.05, 3.63) is 83.9 Å². The normalized spacial score (nSPS) is 12.7. The molecule has 0 aliphatic carbocycles. The van der Waals surface area contributed by atoms with Crippen molar-refractivity contribution in [3.63, 3.8) is 0 Å². The third-order valence-corrected chi connectivity index (χ3v) is 7.65. The molecule has 6 nitrogen and oxygen atoms in total. The summed E-state index contributed by atoms with van der Waals surface area (Å²) in [5, 5.41) is 13.0. The first-order chi connectivity index (χ1) is 17.0. The van der Waals surface area contributed by atoms with Crippen LogP contribution in [0.4, 0.5) is 0 Å². The minimum absolute atomic E-state index is 0.143. The number of aromatic nitrogens is 1. The molecule has 1 aromatic heterocycles. The number of benzene rings is 3. The molecule has 0 saturated heterocycles. The number of amides is 1. The Labute approximate surface area is 212 Å². The topological polar surface area (TPSA) is 88.5 Å². The summed E-state index contributed by atoms with van der Waals surface area (Å²) in [6.45, 7) is 2.28. The van der Waals surface area contributed by atoms with Crippen molar-refractivity contribution < 1.29 is 19.4 Å². The predicted octanol–water partition coefficient (Wildman–Crippen LogP) is 5.66. The number of hydrogen-bond acceptors (Lipinski definition) is 6. The number of nitrogens with one attached hydrogen (secondary N) is 1. The van der Waals surface area contributed by atoms with Crippen LogP contribution in [-0.2, 0) is 4.79 Å². The first kappa shape index (κ1) is 24.8. The Morgan fingerprint density at radius 3 is 2.43 bits per heavy atom. The van der Waals surface area contributed by atoms with E-state index in [2.05, 4.69) is 10.3 Å². The zero-order valence-corrected chi connectivity index (χ0v) is 21.1. The second-order valence-corrected chi connectivity index (χ2v) is 10.2. The lowest BCUT2D eigenvalue weighted by atomic mass is 9.95. The van der Waals surface area contributed by atoms with Gasteiger partial charge in [0, 0.05) is 10.8 Å². The molecule has 8 heteroatoms. The molecule has 4 rings (SSSR count). The van der Waals surface area contributed by atoms with Crippen molar-refractivity contribution in [2.45, 2.75) is 24.6 Å². The fraction of sp³-hybridized carbons (Fsp3) is 0.222. The number of fused-ring (bicyclic) bond motifs is 1. The van der Waals surface area contributed by atoms with Gasteiger partial charge in [-0.2, -0.15) is 11.8 Å². The average Bonchev–Trinajstić information content (AvgIpc) is 3.29. The summed E-state index contributed by atoms with van der Waals surface area (Å²) in [4.78, 5) is 29.7. The van der Waals surface area contributed by atoms with E-state index in [4.69, 9.17) is 4.74 Å². The summed E-state index contributed by atoms with van der Waals surface area (Å²) in [6, 6.07) is 21.8. The van der Waals surface area contributed by atoms with Gasteiger partial charge in [0.05, 0.1) is 10.2 Å². The van der Waals surface area contributed by atoms with E-state index < -0.39 is 17.9 Å². The van der Waals surface area contributed by atoms with Crippen LogP contribution in [0.2, 0.25) is 0 Å². The number of thioether (sulfide) groups is 1. The Morgan fingerprint density at radius 2 is 1.71 bits per heavy atom. The molecule has 2 unspecified atom stereocenters. The van der Waals surface area contributed by atoms with Crippen LogP contribution in [0.1, 0.15) is 22.3 Å². The maximum Gasteiger partial charge on any atom is 0.326 e. The van der Waals surface area contributed by atoms with E-state index in [0.29, 0.717) is 17.4 Å². The summed E-state index contributed by atoms with van der Waals surface area (Å²) >= 11 is 2.96. The maximum atomic E-state index is 13.2. The number of nitrogens with zero attached hydrogens (tertiary/aromatic N) is 1. The summed E-state index contributed by atoms with van der Waals surface area (Å²) < 4.78 is 6.92. The van der Waals surface area contributed by atoms with Gasteiger partial charge in [0.2, 0.25) is 0 Å². The maximum absolute atomic E-state index is 13.2. The second-order valence-electron chi connectivity index (χ2n) is 8.08. The smallest absolute Gasteiger partial charge is 0.326 e. The van der Waals surface area contributed by atoms with E-state index in [9.17, 15) is 14.7 Å². The highest BCUT2D eigenvalue weighted by molar-refractivity contribution is 7.99. The molecular weight excluding hydrogens is 480 g/mol. The van der Waals surface area contributed by atoms with E-state index in [-0.39, 0.29) is 11.7 Å². The van der Waals surface area contributed by atoms with Gasteiger partial charge in [0.1, 0.15) is 12.6 Å². The van der Waals surface area contributed by atoms with Gasteiger partial charge >= 0.3 is 5.97 Å². The molecule has 180 valence electrons. The van der Waals surface area contributed by atoms with E-state index in [0.717, 1.165) is 26.9 Å². The van der Waals surface area contributed by atoms with Crippen molar-refractivity contribution in [1.82, 2.24) is 10.3 Å². The predicted molar refractivity (Wildman–Crippen MR) is 143 cm³/mol. The van der Waals surface area contributed by atoms with Gasteiger partial charge in [-0.05, 0) is 54.5 Å².